The maximum atomic E-state index is 12.1. The maximum absolute atomic E-state index is 12.1. The van der Waals surface area contributed by atoms with Gasteiger partial charge in [0, 0.05) is 13.2 Å². The monoisotopic (exact) mass is 281 g/mol. The van der Waals surface area contributed by atoms with Crippen molar-refractivity contribution in [3.63, 3.8) is 0 Å². The molecule has 5 nitrogen and oxygen atoms in total. The molecule has 0 unspecified atom stereocenters. The second-order valence-electron chi connectivity index (χ2n) is 4.56. The van der Waals surface area contributed by atoms with Crippen molar-refractivity contribution in [2.45, 2.75) is 32.4 Å². The Balaban J connectivity index is 2.58. The molecule has 5 heteroatoms. The van der Waals surface area contributed by atoms with Crippen molar-refractivity contribution in [3.8, 4) is 11.5 Å². The summed E-state index contributed by atoms with van der Waals surface area (Å²) in [5, 5.41) is 2.86. The molecule has 1 aromatic carbocycles. The molecule has 1 rings (SSSR count). The molecule has 0 saturated heterocycles. The highest BCUT2D eigenvalue weighted by atomic mass is 16.5. The van der Waals surface area contributed by atoms with Crippen LogP contribution in [-0.2, 0) is 9.53 Å². The quantitative estimate of drug-likeness (QED) is 0.792. The van der Waals surface area contributed by atoms with E-state index in [-0.39, 0.29) is 11.9 Å². The van der Waals surface area contributed by atoms with Gasteiger partial charge in [-0.3, -0.25) is 4.79 Å². The predicted molar refractivity (Wildman–Crippen MR) is 77.2 cm³/mol. The van der Waals surface area contributed by atoms with Gasteiger partial charge >= 0.3 is 0 Å². The summed E-state index contributed by atoms with van der Waals surface area (Å²) in [7, 11) is 3.21. The number of ether oxygens (including phenoxy) is 3. The smallest absolute Gasteiger partial charge is 0.261 e. The first-order valence-corrected chi connectivity index (χ1v) is 6.70. The Kier molecular flexibility index (Phi) is 6.87. The minimum atomic E-state index is -0.511. The summed E-state index contributed by atoms with van der Waals surface area (Å²) in [5.41, 5.74) is 0. The standard InChI is InChI=1S/C15H23NO4/c1-5-14(15(17)16-11(2)10-18-3)20-13-8-6-12(19-4)7-9-13/h6-9,11,14H,5,10H2,1-4H3,(H,16,17)/t11-,14+/m0/s1. The number of rotatable bonds is 8. The zero-order chi connectivity index (χ0) is 15.0. The molecule has 1 N–H and O–H groups in total. The van der Waals surface area contributed by atoms with E-state index in [1.165, 1.54) is 0 Å². The third kappa shape index (κ3) is 5.09. The summed E-state index contributed by atoms with van der Waals surface area (Å²) in [6.45, 7) is 4.28. The van der Waals surface area contributed by atoms with E-state index < -0.39 is 6.10 Å². The van der Waals surface area contributed by atoms with E-state index in [0.29, 0.717) is 18.8 Å². The summed E-state index contributed by atoms with van der Waals surface area (Å²) in [6.07, 6.45) is 0.0834. The molecule has 0 heterocycles. The largest absolute Gasteiger partial charge is 0.497 e. The Hall–Kier alpha value is -1.75. The van der Waals surface area contributed by atoms with E-state index in [1.807, 2.05) is 13.8 Å². The summed E-state index contributed by atoms with van der Waals surface area (Å²) in [4.78, 5) is 12.1. The van der Waals surface area contributed by atoms with Crippen molar-refractivity contribution < 1.29 is 19.0 Å². The summed E-state index contributed by atoms with van der Waals surface area (Å²) < 4.78 is 15.8. The molecule has 2 atom stereocenters. The first kappa shape index (κ1) is 16.3. The molecule has 0 aliphatic rings. The fourth-order valence-electron chi connectivity index (χ4n) is 1.77. The number of hydrogen-bond donors (Lipinski definition) is 1. The van der Waals surface area contributed by atoms with Gasteiger partial charge in [0.15, 0.2) is 6.10 Å². The predicted octanol–water partition coefficient (Wildman–Crippen LogP) is 2.00. The molecule has 112 valence electrons. The van der Waals surface area contributed by atoms with Crippen molar-refractivity contribution in [2.24, 2.45) is 0 Å². The summed E-state index contributed by atoms with van der Waals surface area (Å²) >= 11 is 0. The zero-order valence-corrected chi connectivity index (χ0v) is 12.5. The molecule has 20 heavy (non-hydrogen) atoms. The highest BCUT2D eigenvalue weighted by molar-refractivity contribution is 5.81. The minimum Gasteiger partial charge on any atom is -0.497 e. The molecule has 1 aromatic rings. The lowest BCUT2D eigenvalue weighted by atomic mass is 10.2. The molecule has 0 spiro atoms. The highest BCUT2D eigenvalue weighted by Crippen LogP contribution is 2.19. The van der Waals surface area contributed by atoms with E-state index in [1.54, 1.807) is 38.5 Å². The van der Waals surface area contributed by atoms with Gasteiger partial charge in [0.2, 0.25) is 0 Å². The van der Waals surface area contributed by atoms with Crippen molar-refractivity contribution in [2.75, 3.05) is 20.8 Å². The number of nitrogens with one attached hydrogen (secondary N) is 1. The van der Waals surface area contributed by atoms with Crippen molar-refractivity contribution in [1.29, 1.82) is 0 Å². The van der Waals surface area contributed by atoms with E-state index in [4.69, 9.17) is 14.2 Å². The highest BCUT2D eigenvalue weighted by Gasteiger charge is 2.19. The Morgan fingerprint density at radius 2 is 1.80 bits per heavy atom. The second-order valence-corrected chi connectivity index (χ2v) is 4.56. The Labute approximate surface area is 120 Å². The van der Waals surface area contributed by atoms with Crippen LogP contribution in [0.25, 0.3) is 0 Å². The van der Waals surface area contributed by atoms with Crippen LogP contribution in [0.3, 0.4) is 0 Å². The van der Waals surface area contributed by atoms with Gasteiger partial charge < -0.3 is 19.5 Å². The molecular formula is C15H23NO4. The third-order valence-electron chi connectivity index (χ3n) is 2.81. The Morgan fingerprint density at radius 1 is 1.20 bits per heavy atom. The molecular weight excluding hydrogens is 258 g/mol. The third-order valence-corrected chi connectivity index (χ3v) is 2.81. The van der Waals surface area contributed by atoms with Crippen LogP contribution >= 0.6 is 0 Å². The number of carbonyl (C=O) groups excluding carboxylic acids is 1. The summed E-state index contributed by atoms with van der Waals surface area (Å²) in [5.74, 6) is 1.27. The average Bonchev–Trinajstić information content (AvgIpc) is 2.45. The van der Waals surface area contributed by atoms with Crippen molar-refractivity contribution in [1.82, 2.24) is 5.32 Å². The molecule has 0 fully saturated rings. The zero-order valence-electron chi connectivity index (χ0n) is 12.5. The molecule has 0 radical (unpaired) electrons. The van der Waals surface area contributed by atoms with Crippen molar-refractivity contribution in [3.05, 3.63) is 24.3 Å². The first-order chi connectivity index (χ1) is 9.60. The average molecular weight is 281 g/mol. The van der Waals surface area contributed by atoms with Gasteiger partial charge in [0.25, 0.3) is 5.91 Å². The Bertz CT molecular complexity index is 405. The van der Waals surface area contributed by atoms with Gasteiger partial charge in [0.1, 0.15) is 11.5 Å². The van der Waals surface area contributed by atoms with Gasteiger partial charge in [-0.2, -0.15) is 0 Å². The van der Waals surface area contributed by atoms with Crippen LogP contribution in [-0.4, -0.2) is 38.9 Å². The fraction of sp³-hybridized carbons (Fsp3) is 0.533. The molecule has 0 aliphatic carbocycles. The van der Waals surface area contributed by atoms with Gasteiger partial charge in [-0.1, -0.05) is 6.92 Å². The first-order valence-electron chi connectivity index (χ1n) is 6.70. The van der Waals surface area contributed by atoms with Crippen LogP contribution in [0.4, 0.5) is 0 Å². The van der Waals surface area contributed by atoms with Crippen molar-refractivity contribution >= 4 is 5.91 Å². The lowest BCUT2D eigenvalue weighted by molar-refractivity contribution is -0.129. The van der Waals surface area contributed by atoms with Crippen LogP contribution in [0.1, 0.15) is 20.3 Å². The molecule has 0 bridgehead atoms. The second kappa shape index (κ2) is 8.43. The molecule has 1 amide bonds. The van der Waals surface area contributed by atoms with Crippen LogP contribution in [0, 0.1) is 0 Å². The summed E-state index contributed by atoms with van der Waals surface area (Å²) in [6, 6.07) is 7.13. The van der Waals surface area contributed by atoms with E-state index in [9.17, 15) is 4.79 Å². The van der Waals surface area contributed by atoms with E-state index in [0.717, 1.165) is 5.75 Å². The maximum Gasteiger partial charge on any atom is 0.261 e. The normalized spacial score (nSPS) is 13.4. The van der Waals surface area contributed by atoms with Gasteiger partial charge in [-0.25, -0.2) is 0 Å². The number of benzene rings is 1. The van der Waals surface area contributed by atoms with Crippen LogP contribution < -0.4 is 14.8 Å². The van der Waals surface area contributed by atoms with Gasteiger partial charge in [-0.15, -0.1) is 0 Å². The Morgan fingerprint density at radius 3 is 2.30 bits per heavy atom. The topological polar surface area (TPSA) is 56.8 Å². The van der Waals surface area contributed by atoms with Gasteiger partial charge in [-0.05, 0) is 37.6 Å². The lowest BCUT2D eigenvalue weighted by Crippen LogP contribution is -2.44. The SMILES string of the molecule is CC[C@@H](Oc1ccc(OC)cc1)C(=O)N[C@@H](C)COC. The van der Waals surface area contributed by atoms with Crippen LogP contribution in [0.15, 0.2) is 24.3 Å². The molecule has 0 saturated carbocycles. The van der Waals surface area contributed by atoms with Crippen LogP contribution in [0.5, 0.6) is 11.5 Å². The van der Waals surface area contributed by atoms with E-state index in [2.05, 4.69) is 5.32 Å². The number of hydrogen-bond acceptors (Lipinski definition) is 4. The van der Waals surface area contributed by atoms with Crippen LogP contribution in [0.2, 0.25) is 0 Å². The number of amides is 1. The van der Waals surface area contributed by atoms with E-state index >= 15 is 0 Å². The number of methoxy groups -OCH3 is 2. The molecule has 0 aromatic heterocycles. The fourth-order valence-corrected chi connectivity index (χ4v) is 1.77. The minimum absolute atomic E-state index is 0.0407. The lowest BCUT2D eigenvalue weighted by Gasteiger charge is -2.20. The van der Waals surface area contributed by atoms with Gasteiger partial charge in [0.05, 0.1) is 13.7 Å². The molecule has 0 aliphatic heterocycles. The number of carbonyl (C=O) groups is 1.